The van der Waals surface area contributed by atoms with Gasteiger partial charge in [-0.3, -0.25) is 14.4 Å². The van der Waals surface area contributed by atoms with Crippen LogP contribution in [0.5, 0.6) is 11.5 Å². The first-order valence-electron chi connectivity index (χ1n) is 19.0. The highest BCUT2D eigenvalue weighted by Gasteiger charge is 2.57. The summed E-state index contributed by atoms with van der Waals surface area (Å²) in [6, 6.07) is 6.03. The molecule has 5 aliphatic rings. The first kappa shape index (κ1) is 37.6. The van der Waals surface area contributed by atoms with Crippen LogP contribution in [-0.4, -0.2) is 67.1 Å². The summed E-state index contributed by atoms with van der Waals surface area (Å²) < 4.78 is 11.9. The average molecular weight is 728 g/mol. The van der Waals surface area contributed by atoms with E-state index in [9.17, 15) is 19.6 Å². The van der Waals surface area contributed by atoms with Gasteiger partial charge in [0.15, 0.2) is 5.13 Å². The third kappa shape index (κ3) is 6.75. The van der Waals surface area contributed by atoms with Crippen LogP contribution in [0.4, 0.5) is 5.13 Å². The van der Waals surface area contributed by atoms with Gasteiger partial charge in [-0.05, 0) is 112 Å². The number of unbranched alkanes of at least 4 members (excludes halogenated alkanes) is 2. The van der Waals surface area contributed by atoms with E-state index in [0.29, 0.717) is 45.4 Å². The summed E-state index contributed by atoms with van der Waals surface area (Å²) in [5, 5.41) is 13.2. The average Bonchev–Trinajstić information content (AvgIpc) is 3.54. The Kier molecular flexibility index (Phi) is 11.2. The number of hydrogen-bond donors (Lipinski definition) is 0. The minimum Gasteiger partial charge on any atom is -0.496 e. The summed E-state index contributed by atoms with van der Waals surface area (Å²) in [6.07, 6.45) is 12.4. The maximum atomic E-state index is 14.6. The van der Waals surface area contributed by atoms with Crippen molar-refractivity contribution in [1.82, 2.24) is 15.0 Å². The van der Waals surface area contributed by atoms with Gasteiger partial charge in [-0.2, -0.15) is 10.3 Å². The van der Waals surface area contributed by atoms with Crippen LogP contribution in [0, 0.1) is 34.5 Å². The molecule has 4 saturated carbocycles. The summed E-state index contributed by atoms with van der Waals surface area (Å²) in [4.78, 5) is 51.1. The molecule has 0 N–H and O–H groups in total. The predicted octanol–water partition coefficient (Wildman–Crippen LogP) is 7.98. The fourth-order valence-corrected chi connectivity index (χ4v) is 10.5. The number of anilines is 1. The molecule has 0 atom stereocenters. The van der Waals surface area contributed by atoms with Crippen molar-refractivity contribution in [2.75, 3.05) is 39.3 Å². The molecule has 1 aromatic heterocycles. The van der Waals surface area contributed by atoms with E-state index in [1.165, 1.54) is 23.4 Å². The molecule has 2 heterocycles. The number of rotatable bonds is 14. The Balaban J connectivity index is 1.48. The van der Waals surface area contributed by atoms with Crippen molar-refractivity contribution in [2.45, 2.75) is 98.3 Å². The standard InChI is InChI=1S/C41H53N5O5S/c1-8-11-13-45(14-12-9-2)40-43-36(35-32(50-6)18-26(10-3)19-33(35)51-7)34(52-40)20-30-25(4)31(24-42)38(48)46(37(30)47)44(5)39(49)41-21-27-15-28(22-41)17-29(16-27)23-41/h18-20,27-29H,8-17,21-23H2,1-7H3/b30-20-. The fraction of sp³-hybridized carbons (Fsp3) is 0.585. The summed E-state index contributed by atoms with van der Waals surface area (Å²) in [5.74, 6) is 1.14. The summed E-state index contributed by atoms with van der Waals surface area (Å²) in [5.41, 5.74) is 2.01. The van der Waals surface area contributed by atoms with E-state index in [1.54, 1.807) is 27.2 Å². The van der Waals surface area contributed by atoms with E-state index >= 15 is 0 Å². The van der Waals surface area contributed by atoms with Gasteiger partial charge < -0.3 is 14.4 Å². The number of thiazole rings is 1. The largest absolute Gasteiger partial charge is 0.496 e. The van der Waals surface area contributed by atoms with E-state index in [-0.39, 0.29) is 22.6 Å². The molecule has 4 aliphatic carbocycles. The van der Waals surface area contributed by atoms with E-state index in [4.69, 9.17) is 14.5 Å². The number of imide groups is 1. The number of benzene rings is 1. The van der Waals surface area contributed by atoms with E-state index in [0.717, 1.165) is 99.4 Å². The second-order valence-electron chi connectivity index (χ2n) is 15.3. The van der Waals surface area contributed by atoms with Gasteiger partial charge in [-0.15, -0.1) is 0 Å². The molecule has 52 heavy (non-hydrogen) atoms. The highest BCUT2D eigenvalue weighted by atomic mass is 32.1. The highest BCUT2D eigenvalue weighted by molar-refractivity contribution is 7.17. The van der Waals surface area contributed by atoms with Crippen molar-refractivity contribution in [3.63, 3.8) is 0 Å². The van der Waals surface area contributed by atoms with Crippen LogP contribution in [-0.2, 0) is 20.8 Å². The lowest BCUT2D eigenvalue weighted by Crippen LogP contribution is -2.60. The number of ether oxygens (including phenoxy) is 2. The van der Waals surface area contributed by atoms with Gasteiger partial charge in [-0.1, -0.05) is 44.9 Å². The number of hydrogen-bond acceptors (Lipinski definition) is 9. The maximum Gasteiger partial charge on any atom is 0.290 e. The highest BCUT2D eigenvalue weighted by Crippen LogP contribution is 2.60. The van der Waals surface area contributed by atoms with Crippen molar-refractivity contribution in [3.05, 3.63) is 39.3 Å². The molecule has 4 fully saturated rings. The number of aromatic nitrogens is 1. The van der Waals surface area contributed by atoms with Gasteiger partial charge in [-0.25, -0.2) is 9.99 Å². The summed E-state index contributed by atoms with van der Waals surface area (Å²) >= 11 is 1.46. The molecule has 278 valence electrons. The molecule has 0 unspecified atom stereocenters. The molecule has 10 nitrogen and oxygen atoms in total. The Morgan fingerprint density at radius 2 is 1.56 bits per heavy atom. The zero-order chi connectivity index (χ0) is 37.3. The van der Waals surface area contributed by atoms with Gasteiger partial charge in [0.25, 0.3) is 11.8 Å². The Labute approximate surface area is 312 Å². The molecular formula is C41H53N5O5S. The van der Waals surface area contributed by atoms with Crippen molar-refractivity contribution >= 4 is 40.3 Å². The maximum absolute atomic E-state index is 14.6. The first-order chi connectivity index (χ1) is 25.0. The topological polar surface area (TPSA) is 116 Å². The number of amides is 3. The number of nitrogens with zero attached hydrogens (tertiary/aromatic N) is 5. The molecule has 0 spiro atoms. The summed E-state index contributed by atoms with van der Waals surface area (Å²) in [6.45, 7) is 9.70. The number of aryl methyl sites for hydroxylation is 1. The van der Waals surface area contributed by atoms with Crippen LogP contribution in [0.25, 0.3) is 17.3 Å². The molecule has 7 rings (SSSR count). The molecule has 1 aromatic carbocycles. The minimum absolute atomic E-state index is 0.155. The Morgan fingerprint density at radius 1 is 1.00 bits per heavy atom. The lowest BCUT2D eigenvalue weighted by Gasteiger charge is -2.56. The fourth-order valence-electron chi connectivity index (χ4n) is 9.42. The Bertz CT molecular complexity index is 1770. The molecule has 3 amide bonds. The SMILES string of the molecule is CCCCN(CCCC)c1nc(-c2c(OC)cc(CC)cc2OC)c(/C=C2\C(=O)N(N(C)C(=O)C34CC5CC(CC(C5)C3)C4)C(=O)C(C#N)=C2C)s1. The van der Waals surface area contributed by atoms with Crippen molar-refractivity contribution in [3.8, 4) is 28.8 Å². The Morgan fingerprint density at radius 3 is 2.04 bits per heavy atom. The van der Waals surface area contributed by atoms with Crippen molar-refractivity contribution in [1.29, 1.82) is 5.26 Å². The number of carbonyl (C=O) groups is 3. The van der Waals surface area contributed by atoms with Crippen LogP contribution in [0.1, 0.15) is 102 Å². The second-order valence-corrected chi connectivity index (χ2v) is 16.3. The lowest BCUT2D eigenvalue weighted by molar-refractivity contribution is -0.180. The normalized spacial score (nSPS) is 24.5. The number of carbonyl (C=O) groups excluding carboxylic acids is 3. The van der Waals surface area contributed by atoms with Gasteiger partial charge in [0, 0.05) is 25.7 Å². The zero-order valence-corrected chi connectivity index (χ0v) is 32.7. The van der Waals surface area contributed by atoms with E-state index < -0.39 is 17.2 Å². The Hall–Kier alpha value is -4.17. The first-order valence-corrected chi connectivity index (χ1v) is 19.8. The van der Waals surface area contributed by atoms with Crippen LogP contribution in [0.3, 0.4) is 0 Å². The van der Waals surface area contributed by atoms with E-state index in [1.807, 2.05) is 12.1 Å². The lowest BCUT2D eigenvalue weighted by atomic mass is 9.49. The van der Waals surface area contributed by atoms with Gasteiger partial charge in [0.2, 0.25) is 5.91 Å². The third-order valence-corrected chi connectivity index (χ3v) is 12.8. The molecule has 2 aromatic rings. The number of methoxy groups -OCH3 is 2. The minimum atomic E-state index is -0.767. The molecule has 1 aliphatic heterocycles. The number of nitriles is 1. The smallest absolute Gasteiger partial charge is 0.290 e. The van der Waals surface area contributed by atoms with Crippen LogP contribution in [0.2, 0.25) is 0 Å². The molecule has 11 heteroatoms. The van der Waals surface area contributed by atoms with Crippen molar-refractivity contribution in [2.24, 2.45) is 23.2 Å². The van der Waals surface area contributed by atoms with Gasteiger partial charge in [0.1, 0.15) is 23.1 Å². The van der Waals surface area contributed by atoms with Crippen LogP contribution < -0.4 is 14.4 Å². The molecule has 0 radical (unpaired) electrons. The van der Waals surface area contributed by atoms with E-state index in [2.05, 4.69) is 31.7 Å². The quantitative estimate of drug-likeness (QED) is 0.142. The van der Waals surface area contributed by atoms with Crippen molar-refractivity contribution < 1.29 is 23.9 Å². The molecular weight excluding hydrogens is 675 g/mol. The van der Waals surface area contributed by atoms with Crippen LogP contribution in [0.15, 0.2) is 28.9 Å². The molecule has 4 bridgehead atoms. The van der Waals surface area contributed by atoms with Gasteiger partial charge in [0.05, 0.1) is 35.8 Å². The van der Waals surface area contributed by atoms with Crippen LogP contribution >= 0.6 is 11.3 Å². The number of hydrazine groups is 1. The summed E-state index contributed by atoms with van der Waals surface area (Å²) in [7, 11) is 4.76. The third-order valence-electron chi connectivity index (χ3n) is 11.8. The van der Waals surface area contributed by atoms with Gasteiger partial charge >= 0.3 is 0 Å². The molecule has 0 saturated heterocycles. The zero-order valence-electron chi connectivity index (χ0n) is 31.8. The predicted molar refractivity (Wildman–Crippen MR) is 204 cm³/mol. The monoisotopic (exact) mass is 727 g/mol. The second kappa shape index (κ2) is 15.4.